The smallest absolute Gasteiger partial charge is 0.235 e. The third kappa shape index (κ3) is 2.71. The van der Waals surface area contributed by atoms with E-state index in [0.29, 0.717) is 5.95 Å². The molecule has 194 valence electrons. The Bertz CT molecular complexity index is 2680. The minimum absolute atomic E-state index is 0.682. The number of aromatic nitrogens is 4. The molecule has 0 aliphatic heterocycles. The van der Waals surface area contributed by atoms with Gasteiger partial charge >= 0.3 is 0 Å². The van der Waals surface area contributed by atoms with Crippen molar-refractivity contribution in [3.8, 4) is 17.2 Å². The molecule has 0 spiro atoms. The van der Waals surface area contributed by atoms with Gasteiger partial charge < -0.3 is 4.40 Å². The summed E-state index contributed by atoms with van der Waals surface area (Å²) in [5, 5.41) is 8.48. The van der Waals surface area contributed by atoms with Crippen LogP contribution >= 0.6 is 0 Å². The number of benzene rings is 6. The molecule has 0 amide bonds. The number of nitrogens with zero attached hydrogens (tertiary/aromatic N) is 4. The van der Waals surface area contributed by atoms with Crippen LogP contribution in [0.25, 0.3) is 88.0 Å². The highest BCUT2D eigenvalue weighted by Crippen LogP contribution is 2.45. The van der Waals surface area contributed by atoms with E-state index in [1.54, 1.807) is 0 Å². The zero-order valence-corrected chi connectivity index (χ0v) is 22.5. The number of hydrogen-bond acceptors (Lipinski definition) is 2. The highest BCUT2D eigenvalue weighted by atomic mass is 15.2. The van der Waals surface area contributed by atoms with E-state index in [2.05, 4.69) is 136 Å². The maximum atomic E-state index is 5.34. The fourth-order valence-corrected chi connectivity index (χ4v) is 7.15. The summed E-state index contributed by atoms with van der Waals surface area (Å²) < 4.78 is 4.75. The summed E-state index contributed by atoms with van der Waals surface area (Å²) in [6, 6.07) is 47.4. The van der Waals surface area contributed by atoms with Crippen molar-refractivity contribution in [1.82, 2.24) is 18.9 Å². The first-order chi connectivity index (χ1) is 20.9. The topological polar surface area (TPSA) is 35.1 Å². The summed E-state index contributed by atoms with van der Waals surface area (Å²) in [7, 11) is 0. The highest BCUT2D eigenvalue weighted by Gasteiger charge is 2.25. The van der Waals surface area contributed by atoms with E-state index in [9.17, 15) is 0 Å². The van der Waals surface area contributed by atoms with Crippen LogP contribution in [0.2, 0.25) is 0 Å². The second-order valence-electron chi connectivity index (χ2n) is 11.0. The number of rotatable bonds is 2. The van der Waals surface area contributed by atoms with Gasteiger partial charge in [0.15, 0.2) is 0 Å². The van der Waals surface area contributed by atoms with Crippen molar-refractivity contribution in [3.63, 3.8) is 0 Å². The lowest BCUT2D eigenvalue weighted by Gasteiger charge is -2.12. The zero-order chi connectivity index (χ0) is 27.4. The number of fused-ring (bicyclic) bond motifs is 7. The second-order valence-corrected chi connectivity index (χ2v) is 11.0. The third-order valence-electron chi connectivity index (χ3n) is 8.85. The molecule has 0 aliphatic carbocycles. The van der Waals surface area contributed by atoms with Crippen molar-refractivity contribution in [2.75, 3.05) is 0 Å². The monoisotopic (exact) mass is 534 g/mol. The molecule has 0 atom stereocenters. The molecular formula is C38H22N4. The fourth-order valence-electron chi connectivity index (χ4n) is 7.15. The molecule has 0 fully saturated rings. The summed E-state index contributed by atoms with van der Waals surface area (Å²) in [4.78, 5) is 10.6. The molecule has 0 unspecified atom stereocenters. The first-order valence-corrected chi connectivity index (χ1v) is 14.3. The van der Waals surface area contributed by atoms with Crippen LogP contribution < -0.4 is 0 Å². The van der Waals surface area contributed by atoms with Gasteiger partial charge in [-0.3, -0.25) is 4.57 Å². The molecule has 0 saturated heterocycles. The van der Waals surface area contributed by atoms with Crippen LogP contribution in [0, 0.1) is 0 Å². The van der Waals surface area contributed by atoms with E-state index in [1.165, 1.54) is 48.9 Å². The summed E-state index contributed by atoms with van der Waals surface area (Å²) in [5.41, 5.74) is 8.76. The van der Waals surface area contributed by atoms with Crippen LogP contribution in [0.4, 0.5) is 0 Å². The van der Waals surface area contributed by atoms with Gasteiger partial charge in [0.05, 0.1) is 38.8 Å². The van der Waals surface area contributed by atoms with Gasteiger partial charge in [0.25, 0.3) is 0 Å². The Labute approximate surface area is 240 Å². The predicted molar refractivity (Wildman–Crippen MR) is 174 cm³/mol. The first kappa shape index (κ1) is 22.0. The van der Waals surface area contributed by atoms with Crippen molar-refractivity contribution in [1.29, 1.82) is 0 Å². The molecule has 42 heavy (non-hydrogen) atoms. The van der Waals surface area contributed by atoms with Crippen molar-refractivity contribution in [3.05, 3.63) is 133 Å². The van der Waals surface area contributed by atoms with E-state index in [-0.39, 0.29) is 0 Å². The normalized spacial score (nSPS) is 12.3. The average molecular weight is 535 g/mol. The fraction of sp³-hybridized carbons (Fsp3) is 0. The molecule has 0 N–H and O–H groups in total. The van der Waals surface area contributed by atoms with Crippen molar-refractivity contribution >= 4 is 70.8 Å². The van der Waals surface area contributed by atoms with Crippen molar-refractivity contribution in [2.45, 2.75) is 0 Å². The van der Waals surface area contributed by atoms with Gasteiger partial charge in [0.1, 0.15) is 0 Å². The van der Waals surface area contributed by atoms with Gasteiger partial charge in [-0.1, -0.05) is 109 Å². The molecule has 4 heterocycles. The summed E-state index contributed by atoms with van der Waals surface area (Å²) in [6.07, 6.45) is 0. The Kier molecular flexibility index (Phi) is 4.15. The summed E-state index contributed by atoms with van der Waals surface area (Å²) >= 11 is 0. The Balaban J connectivity index is 1.50. The van der Waals surface area contributed by atoms with Crippen molar-refractivity contribution < 1.29 is 0 Å². The summed E-state index contributed by atoms with van der Waals surface area (Å²) in [6.45, 7) is 0. The van der Waals surface area contributed by atoms with Crippen LogP contribution in [0.3, 0.4) is 0 Å². The minimum atomic E-state index is 0.682. The average Bonchev–Trinajstić information content (AvgIpc) is 3.52. The first-order valence-electron chi connectivity index (χ1n) is 14.3. The van der Waals surface area contributed by atoms with E-state index in [0.717, 1.165) is 33.2 Å². The van der Waals surface area contributed by atoms with Gasteiger partial charge in [0, 0.05) is 32.5 Å². The van der Waals surface area contributed by atoms with Gasteiger partial charge in [-0.15, -0.1) is 0 Å². The lowest BCUT2D eigenvalue weighted by molar-refractivity contribution is 1.02. The molecule has 4 heteroatoms. The van der Waals surface area contributed by atoms with Crippen LogP contribution in [0.1, 0.15) is 0 Å². The lowest BCUT2D eigenvalue weighted by Crippen LogP contribution is -2.03. The lowest BCUT2D eigenvalue weighted by atomic mass is 10.0. The molecule has 10 rings (SSSR count). The van der Waals surface area contributed by atoms with Gasteiger partial charge in [-0.2, -0.15) is 0 Å². The quantitative estimate of drug-likeness (QED) is 0.221. The zero-order valence-electron chi connectivity index (χ0n) is 22.5. The Hall–Kier alpha value is -5.74. The molecule has 0 saturated carbocycles. The Morgan fingerprint density at radius 1 is 0.429 bits per heavy atom. The summed E-state index contributed by atoms with van der Waals surface area (Å²) in [5.74, 6) is 0.682. The van der Waals surface area contributed by atoms with E-state index < -0.39 is 0 Å². The van der Waals surface area contributed by atoms with Gasteiger partial charge in [-0.05, 0) is 35.0 Å². The molecule has 10 aromatic rings. The van der Waals surface area contributed by atoms with Crippen LogP contribution in [0.15, 0.2) is 133 Å². The predicted octanol–water partition coefficient (Wildman–Crippen LogP) is 9.54. The maximum Gasteiger partial charge on any atom is 0.235 e. The SMILES string of the molecule is c1ccc(-c2nc(-n3c4ccc5cccc6c7ccccc7n7c8ccccc8c3c7c4c56)nc3ccccc23)cc1. The highest BCUT2D eigenvalue weighted by molar-refractivity contribution is 6.33. The maximum absolute atomic E-state index is 5.34. The molecule has 4 nitrogen and oxygen atoms in total. The van der Waals surface area contributed by atoms with Crippen LogP contribution in [0.5, 0.6) is 0 Å². The van der Waals surface area contributed by atoms with Gasteiger partial charge in [0.2, 0.25) is 5.95 Å². The molecule has 0 radical (unpaired) electrons. The Morgan fingerprint density at radius 2 is 1.12 bits per heavy atom. The molecule has 6 aromatic carbocycles. The number of para-hydroxylation sites is 3. The standard InChI is InChI=1S/C38H22N4/c1-2-11-24(12-3-1)35-27-15-4-7-18-29(27)39-38(40-35)42-32-22-21-23-13-10-17-26-25-14-5-8-19-30(25)41-31-20-9-6-16-28(31)36(42)37(41)34(32)33(23)26/h1-22H. The van der Waals surface area contributed by atoms with Crippen molar-refractivity contribution in [2.24, 2.45) is 0 Å². The van der Waals surface area contributed by atoms with E-state index >= 15 is 0 Å². The molecular weight excluding hydrogens is 512 g/mol. The van der Waals surface area contributed by atoms with E-state index in [1.807, 2.05) is 6.07 Å². The second kappa shape index (κ2) is 7.93. The Morgan fingerprint density at radius 3 is 1.98 bits per heavy atom. The van der Waals surface area contributed by atoms with Crippen LogP contribution in [-0.2, 0) is 0 Å². The molecule has 0 aliphatic rings. The van der Waals surface area contributed by atoms with E-state index in [4.69, 9.17) is 9.97 Å². The molecule has 4 aromatic heterocycles. The van der Waals surface area contributed by atoms with Crippen LogP contribution in [-0.4, -0.2) is 18.9 Å². The largest absolute Gasteiger partial charge is 0.306 e. The van der Waals surface area contributed by atoms with Gasteiger partial charge in [-0.25, -0.2) is 9.97 Å². The third-order valence-corrected chi connectivity index (χ3v) is 8.85. The number of hydrogen-bond donors (Lipinski definition) is 0. The minimum Gasteiger partial charge on any atom is -0.306 e. The molecule has 0 bridgehead atoms.